The van der Waals surface area contributed by atoms with Gasteiger partial charge in [0.15, 0.2) is 0 Å². The van der Waals surface area contributed by atoms with Gasteiger partial charge in [0.05, 0.1) is 33.5 Å². The largest absolute Gasteiger partial charge is 0.492 e. The predicted octanol–water partition coefficient (Wildman–Crippen LogP) is 5.67. The number of nitrogens with zero attached hydrogens (tertiary/aromatic N) is 2. The van der Waals surface area contributed by atoms with E-state index in [1.807, 2.05) is 24.3 Å². The minimum Gasteiger partial charge on any atom is -0.492 e. The van der Waals surface area contributed by atoms with Crippen molar-refractivity contribution in [2.45, 2.75) is 49.5 Å². The molecule has 0 bridgehead atoms. The van der Waals surface area contributed by atoms with Gasteiger partial charge in [0.25, 0.3) is 0 Å². The second-order valence-corrected chi connectivity index (χ2v) is 8.93. The summed E-state index contributed by atoms with van der Waals surface area (Å²) in [5.74, 6) is 0.756. The Morgan fingerprint density at radius 3 is 2.75 bits per heavy atom. The van der Waals surface area contributed by atoms with Crippen molar-refractivity contribution in [1.29, 1.82) is 5.26 Å². The Morgan fingerprint density at radius 1 is 1.22 bits per heavy atom. The van der Waals surface area contributed by atoms with E-state index >= 15 is 0 Å². The van der Waals surface area contributed by atoms with E-state index in [4.69, 9.17) is 21.4 Å². The maximum atomic E-state index is 11.3. The summed E-state index contributed by atoms with van der Waals surface area (Å²) < 4.78 is 9.44. The molecular formula is C24H28ClN3O3S. The molecule has 2 heterocycles. The van der Waals surface area contributed by atoms with Crippen LogP contribution in [0, 0.1) is 11.3 Å². The smallest absolute Gasteiger partial charge is 0.150 e. The van der Waals surface area contributed by atoms with E-state index in [0.29, 0.717) is 28.8 Å². The fraction of sp³-hybridized carbons (Fsp3) is 0.417. The minimum absolute atomic E-state index is 0.444. The second-order valence-electron chi connectivity index (χ2n) is 7.68. The molecule has 0 aliphatic carbocycles. The Labute approximate surface area is 198 Å². The number of piperidine rings is 1. The zero-order valence-corrected chi connectivity index (χ0v) is 19.7. The SMILES string of the molecule is CO.N#Cc1cc2c(cc1Cl)N1CCCCC1CCCCOc1ccc(C=O)cc1SN2. The van der Waals surface area contributed by atoms with Crippen molar-refractivity contribution in [3.05, 3.63) is 46.5 Å². The van der Waals surface area contributed by atoms with Crippen molar-refractivity contribution in [1.82, 2.24) is 0 Å². The van der Waals surface area contributed by atoms with Gasteiger partial charge in [0.1, 0.15) is 18.1 Å². The zero-order valence-electron chi connectivity index (χ0n) is 18.1. The van der Waals surface area contributed by atoms with Crippen molar-refractivity contribution in [3.63, 3.8) is 0 Å². The molecule has 4 rings (SSSR count). The molecule has 0 radical (unpaired) electrons. The van der Waals surface area contributed by atoms with Crippen LogP contribution in [0.1, 0.15) is 54.4 Å². The highest BCUT2D eigenvalue weighted by molar-refractivity contribution is 8.00. The molecule has 8 heteroatoms. The van der Waals surface area contributed by atoms with Gasteiger partial charge in [-0.1, -0.05) is 11.6 Å². The number of rotatable bonds is 1. The summed E-state index contributed by atoms with van der Waals surface area (Å²) in [6.45, 7) is 1.63. The molecule has 6 nitrogen and oxygen atoms in total. The lowest BCUT2D eigenvalue weighted by atomic mass is 9.96. The molecule has 1 fully saturated rings. The first-order chi connectivity index (χ1) is 15.7. The number of halogens is 1. The Morgan fingerprint density at radius 2 is 2.00 bits per heavy atom. The second kappa shape index (κ2) is 12.0. The van der Waals surface area contributed by atoms with E-state index in [1.54, 1.807) is 6.07 Å². The van der Waals surface area contributed by atoms with Crippen molar-refractivity contribution in [2.75, 3.05) is 29.9 Å². The maximum Gasteiger partial charge on any atom is 0.150 e. The summed E-state index contributed by atoms with van der Waals surface area (Å²) in [5.41, 5.74) is 2.93. The Kier molecular flexibility index (Phi) is 9.10. The van der Waals surface area contributed by atoms with Gasteiger partial charge in [0, 0.05) is 25.3 Å². The van der Waals surface area contributed by atoms with Gasteiger partial charge in [-0.3, -0.25) is 4.79 Å². The molecule has 0 aromatic heterocycles. The lowest BCUT2D eigenvalue weighted by Crippen LogP contribution is -2.40. The van der Waals surface area contributed by atoms with Gasteiger partial charge in [-0.05, 0) is 80.8 Å². The van der Waals surface area contributed by atoms with Crippen LogP contribution in [0.4, 0.5) is 11.4 Å². The highest BCUT2D eigenvalue weighted by atomic mass is 35.5. The minimum atomic E-state index is 0.444. The molecule has 0 spiro atoms. The van der Waals surface area contributed by atoms with Crippen molar-refractivity contribution < 1.29 is 14.6 Å². The Hall–Kier alpha value is -2.40. The van der Waals surface area contributed by atoms with E-state index in [0.717, 1.165) is 74.1 Å². The Balaban J connectivity index is 0.00000141. The summed E-state index contributed by atoms with van der Waals surface area (Å²) in [5, 5.41) is 17.0. The van der Waals surface area contributed by atoms with Gasteiger partial charge in [-0.15, -0.1) is 0 Å². The summed E-state index contributed by atoms with van der Waals surface area (Å²) >= 11 is 7.81. The molecule has 0 saturated carbocycles. The van der Waals surface area contributed by atoms with Crippen molar-refractivity contribution >= 4 is 41.2 Å². The van der Waals surface area contributed by atoms with Gasteiger partial charge in [-0.25, -0.2) is 0 Å². The molecule has 2 aromatic rings. The molecule has 1 unspecified atom stereocenters. The van der Waals surface area contributed by atoms with Gasteiger partial charge >= 0.3 is 0 Å². The molecule has 2 aromatic carbocycles. The molecule has 32 heavy (non-hydrogen) atoms. The lowest BCUT2D eigenvalue weighted by molar-refractivity contribution is 0.112. The average molecular weight is 474 g/mol. The number of nitriles is 1. The van der Waals surface area contributed by atoms with Crippen LogP contribution in [-0.4, -0.2) is 37.7 Å². The first-order valence-electron chi connectivity index (χ1n) is 10.8. The van der Waals surface area contributed by atoms with Crippen LogP contribution >= 0.6 is 23.5 Å². The number of aliphatic hydroxyl groups is 1. The number of hydrogen-bond acceptors (Lipinski definition) is 7. The summed E-state index contributed by atoms with van der Waals surface area (Å²) in [7, 11) is 1.00. The van der Waals surface area contributed by atoms with E-state index in [2.05, 4.69) is 15.7 Å². The van der Waals surface area contributed by atoms with Gasteiger partial charge < -0.3 is 19.5 Å². The van der Waals surface area contributed by atoms with Crippen LogP contribution in [0.25, 0.3) is 0 Å². The summed E-state index contributed by atoms with van der Waals surface area (Å²) in [4.78, 5) is 14.6. The zero-order chi connectivity index (χ0) is 22.9. The Bertz CT molecular complexity index is 980. The third-order valence-corrected chi connectivity index (χ3v) is 6.88. The number of anilines is 2. The first kappa shape index (κ1) is 24.2. The number of aldehydes is 1. The quantitative estimate of drug-likeness (QED) is 0.407. The van der Waals surface area contributed by atoms with Gasteiger partial charge in [-0.2, -0.15) is 5.26 Å². The molecular weight excluding hydrogens is 446 g/mol. The number of fused-ring (bicyclic) bond motifs is 4. The first-order valence-corrected chi connectivity index (χ1v) is 12.0. The summed E-state index contributed by atoms with van der Waals surface area (Å²) in [6, 6.07) is 11.8. The molecule has 170 valence electrons. The van der Waals surface area contributed by atoms with Crippen molar-refractivity contribution in [2.24, 2.45) is 0 Å². The number of hydrogen-bond donors (Lipinski definition) is 2. The van der Waals surface area contributed by atoms with Crippen LogP contribution in [0.15, 0.2) is 35.2 Å². The van der Waals surface area contributed by atoms with Crippen molar-refractivity contribution in [3.8, 4) is 11.8 Å². The third kappa shape index (κ3) is 5.69. The topological polar surface area (TPSA) is 85.6 Å². The van der Waals surface area contributed by atoms with E-state index < -0.39 is 0 Å². The van der Waals surface area contributed by atoms with Crippen LogP contribution in [0.5, 0.6) is 5.75 Å². The van der Waals surface area contributed by atoms with E-state index in [1.165, 1.54) is 18.4 Å². The highest BCUT2D eigenvalue weighted by Crippen LogP contribution is 2.40. The van der Waals surface area contributed by atoms with E-state index in [9.17, 15) is 10.1 Å². The van der Waals surface area contributed by atoms with Crippen LogP contribution in [0.3, 0.4) is 0 Å². The fourth-order valence-corrected chi connectivity index (χ4v) is 5.16. The third-order valence-electron chi connectivity index (χ3n) is 5.71. The standard InChI is InChI=1S/C23H24ClN3O2S.CH4O/c24-19-13-21-20(12-17(19)14-25)26-30-23-11-16(15-28)7-8-22(23)29-10-4-2-6-18-5-1-3-9-27(18)21;1-2/h7-8,11-13,15,18,26H,1-6,9-10H2;2H,1H3. The normalized spacial score (nSPS) is 18.2. The molecule has 1 atom stereocenters. The van der Waals surface area contributed by atoms with E-state index in [-0.39, 0.29) is 0 Å². The lowest BCUT2D eigenvalue weighted by Gasteiger charge is -2.39. The summed E-state index contributed by atoms with van der Waals surface area (Å²) in [6.07, 6.45) is 7.55. The number of carbonyl (C=O) groups excluding carboxylic acids is 1. The molecule has 2 aliphatic rings. The maximum absolute atomic E-state index is 11.3. The average Bonchev–Trinajstić information content (AvgIpc) is 2.85. The monoisotopic (exact) mass is 473 g/mol. The molecule has 1 saturated heterocycles. The van der Waals surface area contributed by atoms with Gasteiger partial charge in [0.2, 0.25) is 0 Å². The number of ether oxygens (including phenoxy) is 1. The molecule has 2 N–H and O–H groups in total. The number of aliphatic hydroxyl groups excluding tert-OH is 1. The number of nitrogens with one attached hydrogen (secondary N) is 1. The van der Waals surface area contributed by atoms with Crippen LogP contribution in [0.2, 0.25) is 5.02 Å². The fourth-order valence-electron chi connectivity index (χ4n) is 4.16. The molecule has 2 aliphatic heterocycles. The number of carbonyl (C=O) groups is 1. The number of benzene rings is 2. The van der Waals surface area contributed by atoms with Crippen LogP contribution in [-0.2, 0) is 0 Å². The molecule has 0 amide bonds. The predicted molar refractivity (Wildman–Crippen MR) is 130 cm³/mol. The highest BCUT2D eigenvalue weighted by Gasteiger charge is 2.26. The van der Waals surface area contributed by atoms with Crippen LogP contribution < -0.4 is 14.4 Å².